The van der Waals surface area contributed by atoms with Gasteiger partial charge in [0.05, 0.1) is 0 Å². The van der Waals surface area contributed by atoms with E-state index >= 15 is 0 Å². The van der Waals surface area contributed by atoms with E-state index < -0.39 is 0 Å². The van der Waals surface area contributed by atoms with Crippen molar-refractivity contribution in [2.75, 3.05) is 0 Å². The molecule has 0 amide bonds. The van der Waals surface area contributed by atoms with Gasteiger partial charge in [-0.15, -0.1) is 0 Å². The predicted octanol–water partition coefficient (Wildman–Crippen LogP) is 4.85. The van der Waals surface area contributed by atoms with Crippen molar-refractivity contribution in [2.45, 2.75) is 33.1 Å². The summed E-state index contributed by atoms with van der Waals surface area (Å²) >= 11 is 0. The average Bonchev–Trinajstić information content (AvgIpc) is 2.38. The predicted molar refractivity (Wildman–Crippen MR) is 80.6 cm³/mol. The van der Waals surface area contributed by atoms with Gasteiger partial charge < -0.3 is 0 Å². The normalized spacial score (nSPS) is 11.4. The number of hydrogen-bond donors (Lipinski definition) is 0. The minimum atomic E-state index is 0.0106. The fourth-order valence-electron chi connectivity index (χ4n) is 2.25. The van der Waals surface area contributed by atoms with Crippen LogP contribution in [0.25, 0.3) is 11.1 Å². The zero-order valence-electron chi connectivity index (χ0n) is 12.0. The lowest BCUT2D eigenvalue weighted by Crippen LogP contribution is -2.14. The summed E-state index contributed by atoms with van der Waals surface area (Å²) < 4.78 is 0. The third kappa shape index (κ3) is 2.93. The van der Waals surface area contributed by atoms with E-state index in [1.807, 2.05) is 30.3 Å². The first-order chi connectivity index (χ1) is 8.89. The minimum absolute atomic E-state index is 0.0106. The zero-order valence-corrected chi connectivity index (χ0v) is 12.0. The van der Waals surface area contributed by atoms with Crippen LogP contribution in [0.1, 0.15) is 43.6 Å². The molecular formula is C18H20O. The van der Waals surface area contributed by atoms with Gasteiger partial charge in [0.25, 0.3) is 0 Å². The second-order valence-electron chi connectivity index (χ2n) is 5.93. The van der Waals surface area contributed by atoms with Crippen molar-refractivity contribution in [3.05, 3.63) is 59.7 Å². The molecule has 0 saturated heterocycles. The molecule has 0 fully saturated rings. The molecule has 0 aliphatic rings. The SMILES string of the molecule is CC(=O)c1ccc(-c2ccccc2)c(C(C)(C)C)c1. The quantitative estimate of drug-likeness (QED) is 0.698. The summed E-state index contributed by atoms with van der Waals surface area (Å²) in [4.78, 5) is 11.6. The molecule has 2 rings (SSSR count). The fraction of sp³-hybridized carbons (Fsp3) is 0.278. The second-order valence-corrected chi connectivity index (χ2v) is 5.93. The Morgan fingerprint density at radius 1 is 0.947 bits per heavy atom. The standard InChI is InChI=1S/C18H20O/c1-13(19)15-10-11-16(14-8-6-5-7-9-14)17(12-15)18(2,3)4/h5-12H,1-4H3. The summed E-state index contributed by atoms with van der Waals surface area (Å²) in [5.41, 5.74) is 4.41. The van der Waals surface area contributed by atoms with Gasteiger partial charge in [0, 0.05) is 5.56 Å². The summed E-state index contributed by atoms with van der Waals surface area (Å²) in [5, 5.41) is 0. The molecule has 1 heteroatoms. The van der Waals surface area contributed by atoms with Crippen LogP contribution in [0.3, 0.4) is 0 Å². The van der Waals surface area contributed by atoms with E-state index in [1.165, 1.54) is 16.7 Å². The summed E-state index contributed by atoms with van der Waals surface area (Å²) in [6.45, 7) is 8.15. The van der Waals surface area contributed by atoms with Gasteiger partial charge in [-0.05, 0) is 35.1 Å². The lowest BCUT2D eigenvalue weighted by molar-refractivity contribution is 0.101. The van der Waals surface area contributed by atoms with Crippen molar-refractivity contribution in [3.63, 3.8) is 0 Å². The van der Waals surface area contributed by atoms with Crippen LogP contribution in [-0.4, -0.2) is 5.78 Å². The smallest absolute Gasteiger partial charge is 0.159 e. The van der Waals surface area contributed by atoms with Gasteiger partial charge in [-0.1, -0.05) is 63.2 Å². The van der Waals surface area contributed by atoms with Gasteiger partial charge in [-0.3, -0.25) is 4.79 Å². The monoisotopic (exact) mass is 252 g/mol. The number of benzene rings is 2. The molecule has 0 N–H and O–H groups in total. The number of rotatable bonds is 2. The number of hydrogen-bond acceptors (Lipinski definition) is 1. The molecule has 2 aromatic carbocycles. The Morgan fingerprint density at radius 2 is 1.58 bits per heavy atom. The molecule has 2 aromatic rings. The van der Waals surface area contributed by atoms with Crippen molar-refractivity contribution in [3.8, 4) is 11.1 Å². The first kappa shape index (κ1) is 13.5. The summed E-state index contributed by atoms with van der Waals surface area (Å²) in [6, 6.07) is 16.3. The Bertz CT molecular complexity index is 589. The zero-order chi connectivity index (χ0) is 14.0. The Labute approximate surface area is 115 Å². The molecule has 0 spiro atoms. The van der Waals surface area contributed by atoms with Crippen LogP contribution < -0.4 is 0 Å². The van der Waals surface area contributed by atoms with Crippen LogP contribution in [0.2, 0.25) is 0 Å². The third-order valence-electron chi connectivity index (χ3n) is 3.32. The highest BCUT2D eigenvalue weighted by Crippen LogP contribution is 2.33. The Balaban J connectivity index is 2.65. The summed E-state index contributed by atoms with van der Waals surface area (Å²) in [7, 11) is 0. The van der Waals surface area contributed by atoms with Gasteiger partial charge in [0.15, 0.2) is 5.78 Å². The average molecular weight is 252 g/mol. The first-order valence-electron chi connectivity index (χ1n) is 6.60. The molecule has 0 atom stereocenters. The molecule has 0 saturated carbocycles. The van der Waals surface area contributed by atoms with Gasteiger partial charge in [-0.2, -0.15) is 0 Å². The molecule has 0 bridgehead atoms. The lowest BCUT2D eigenvalue weighted by Gasteiger charge is -2.24. The first-order valence-corrected chi connectivity index (χ1v) is 6.60. The number of carbonyl (C=O) groups excluding carboxylic acids is 1. The third-order valence-corrected chi connectivity index (χ3v) is 3.32. The van der Waals surface area contributed by atoms with Gasteiger partial charge in [0.1, 0.15) is 0 Å². The maximum absolute atomic E-state index is 11.6. The molecular weight excluding hydrogens is 232 g/mol. The molecule has 0 aromatic heterocycles. The molecule has 0 radical (unpaired) electrons. The number of carbonyl (C=O) groups is 1. The van der Waals surface area contributed by atoms with E-state index in [4.69, 9.17) is 0 Å². The molecule has 1 nitrogen and oxygen atoms in total. The van der Waals surface area contributed by atoms with Crippen molar-refractivity contribution in [2.24, 2.45) is 0 Å². The highest BCUT2D eigenvalue weighted by molar-refractivity contribution is 5.95. The van der Waals surface area contributed by atoms with Crippen molar-refractivity contribution in [1.82, 2.24) is 0 Å². The van der Waals surface area contributed by atoms with Crippen LogP contribution in [0.4, 0.5) is 0 Å². The highest BCUT2D eigenvalue weighted by atomic mass is 16.1. The van der Waals surface area contributed by atoms with Gasteiger partial charge in [-0.25, -0.2) is 0 Å². The molecule has 19 heavy (non-hydrogen) atoms. The van der Waals surface area contributed by atoms with E-state index in [0.29, 0.717) is 0 Å². The van der Waals surface area contributed by atoms with E-state index in [-0.39, 0.29) is 11.2 Å². The number of Topliss-reactive ketones (excluding diaryl/α,β-unsaturated/α-hetero) is 1. The van der Waals surface area contributed by atoms with Crippen LogP contribution >= 0.6 is 0 Å². The molecule has 98 valence electrons. The maximum atomic E-state index is 11.6. The van der Waals surface area contributed by atoms with Crippen molar-refractivity contribution >= 4 is 5.78 Å². The fourth-order valence-corrected chi connectivity index (χ4v) is 2.25. The highest BCUT2D eigenvalue weighted by Gasteiger charge is 2.19. The molecule has 0 unspecified atom stereocenters. The lowest BCUT2D eigenvalue weighted by atomic mass is 9.80. The van der Waals surface area contributed by atoms with E-state index in [9.17, 15) is 4.79 Å². The molecule has 0 aliphatic carbocycles. The van der Waals surface area contributed by atoms with Crippen LogP contribution in [0, 0.1) is 0 Å². The maximum Gasteiger partial charge on any atom is 0.159 e. The van der Waals surface area contributed by atoms with Crippen LogP contribution in [0.5, 0.6) is 0 Å². The van der Waals surface area contributed by atoms with Gasteiger partial charge in [0.2, 0.25) is 0 Å². The van der Waals surface area contributed by atoms with Gasteiger partial charge >= 0.3 is 0 Å². The van der Waals surface area contributed by atoms with Crippen molar-refractivity contribution in [1.29, 1.82) is 0 Å². The summed E-state index contributed by atoms with van der Waals surface area (Å²) in [6.07, 6.45) is 0. The van der Waals surface area contributed by atoms with E-state index in [1.54, 1.807) is 6.92 Å². The Kier molecular flexibility index (Phi) is 3.57. The van der Waals surface area contributed by atoms with E-state index in [0.717, 1.165) is 5.56 Å². The van der Waals surface area contributed by atoms with Crippen LogP contribution in [-0.2, 0) is 5.41 Å². The Morgan fingerprint density at radius 3 is 2.11 bits per heavy atom. The number of ketones is 1. The molecule has 0 heterocycles. The topological polar surface area (TPSA) is 17.1 Å². The van der Waals surface area contributed by atoms with Crippen molar-refractivity contribution < 1.29 is 4.79 Å². The minimum Gasteiger partial charge on any atom is -0.295 e. The van der Waals surface area contributed by atoms with Crippen LogP contribution in [0.15, 0.2) is 48.5 Å². The molecule has 0 aliphatic heterocycles. The second kappa shape index (κ2) is 5.00. The Hall–Kier alpha value is -1.89. The summed E-state index contributed by atoms with van der Waals surface area (Å²) in [5.74, 6) is 0.116. The van der Waals surface area contributed by atoms with E-state index in [2.05, 4.69) is 39.0 Å². The largest absolute Gasteiger partial charge is 0.295 e.